The molecule has 3 rings (SSSR count). The Bertz CT molecular complexity index is 1110. The van der Waals surface area contributed by atoms with Crippen LogP contribution in [0.1, 0.15) is 56.3 Å². The number of halogens is 9. The van der Waals surface area contributed by atoms with Crippen molar-refractivity contribution in [3.8, 4) is 11.5 Å². The minimum atomic E-state index is -4.84. The van der Waals surface area contributed by atoms with Gasteiger partial charge in [-0.1, -0.05) is 19.8 Å². The van der Waals surface area contributed by atoms with Gasteiger partial charge in [-0.2, -0.15) is 22.0 Å². The lowest BCUT2D eigenvalue weighted by Gasteiger charge is -2.29. The normalized spacial score (nSPS) is 18.4. The van der Waals surface area contributed by atoms with Crippen LogP contribution in [-0.2, 0) is 15.6 Å². The standard InChI is InChI=1S/C27H27F9O4/c1-2-3-4-8-37-14-16-5-6-23(39-15-16)17-10-19(28)24(20(29)11-17)27(35,36)40-18-12-21(30)25(22(31)13-18)38-9-7-26(32,33)34/h7,9-13,16,23H,2-6,8,14-15H2,1H3/b9-7+. The van der Waals surface area contributed by atoms with Gasteiger partial charge in [-0.15, -0.1) is 0 Å². The molecule has 0 aliphatic carbocycles. The van der Waals surface area contributed by atoms with Gasteiger partial charge in [0.25, 0.3) is 0 Å². The van der Waals surface area contributed by atoms with Crippen LogP contribution >= 0.6 is 0 Å². The van der Waals surface area contributed by atoms with Crippen LogP contribution in [0.3, 0.4) is 0 Å². The molecule has 0 spiro atoms. The van der Waals surface area contributed by atoms with E-state index in [0.717, 1.165) is 19.3 Å². The maximum atomic E-state index is 14.7. The second-order valence-corrected chi connectivity index (χ2v) is 9.20. The van der Waals surface area contributed by atoms with E-state index in [2.05, 4.69) is 16.4 Å². The number of ether oxygens (including phenoxy) is 4. The van der Waals surface area contributed by atoms with Gasteiger partial charge < -0.3 is 18.9 Å². The monoisotopic (exact) mass is 586 g/mol. The van der Waals surface area contributed by atoms with Gasteiger partial charge in [-0.3, -0.25) is 0 Å². The highest BCUT2D eigenvalue weighted by Crippen LogP contribution is 2.39. The molecular formula is C27H27F9O4. The van der Waals surface area contributed by atoms with Gasteiger partial charge in [0.15, 0.2) is 17.4 Å². The van der Waals surface area contributed by atoms with Gasteiger partial charge in [0.1, 0.15) is 22.9 Å². The molecule has 1 heterocycles. The van der Waals surface area contributed by atoms with Crippen molar-refractivity contribution in [2.45, 2.75) is 57.4 Å². The van der Waals surface area contributed by atoms with Crippen LogP contribution in [-0.4, -0.2) is 26.0 Å². The van der Waals surface area contributed by atoms with Gasteiger partial charge in [0.2, 0.25) is 0 Å². The van der Waals surface area contributed by atoms with Crippen molar-refractivity contribution < 1.29 is 58.5 Å². The first kappa shape index (κ1) is 31.6. The molecule has 0 saturated carbocycles. The molecule has 2 unspecified atom stereocenters. The number of hydrogen-bond donors (Lipinski definition) is 0. The van der Waals surface area contributed by atoms with Crippen molar-refractivity contribution in [3.05, 3.63) is 71.0 Å². The van der Waals surface area contributed by atoms with E-state index in [1.54, 1.807) is 0 Å². The minimum absolute atomic E-state index is 0.0117. The van der Waals surface area contributed by atoms with Gasteiger partial charge in [-0.25, -0.2) is 17.6 Å². The molecule has 13 heteroatoms. The minimum Gasteiger partial charge on any atom is -0.459 e. The molecule has 0 amide bonds. The fourth-order valence-electron chi connectivity index (χ4n) is 4.05. The predicted octanol–water partition coefficient (Wildman–Crippen LogP) is 8.50. The Morgan fingerprint density at radius 2 is 1.55 bits per heavy atom. The maximum absolute atomic E-state index is 14.7. The average Bonchev–Trinajstić information content (AvgIpc) is 2.84. The quantitative estimate of drug-likeness (QED) is 0.142. The van der Waals surface area contributed by atoms with Crippen molar-refractivity contribution in [3.63, 3.8) is 0 Å². The SMILES string of the molecule is CCCCCOCC1CCC(c2cc(F)c(C(F)(F)Oc3cc(F)c(O/C=C/C(F)(F)F)c(F)c3)c(F)c2)OC1. The summed E-state index contributed by atoms with van der Waals surface area (Å²) in [7, 11) is 0. The number of unbranched alkanes of at least 4 members (excludes halogenated alkanes) is 2. The van der Waals surface area contributed by atoms with E-state index in [9.17, 15) is 39.5 Å². The van der Waals surface area contributed by atoms with Crippen LogP contribution in [0.2, 0.25) is 0 Å². The summed E-state index contributed by atoms with van der Waals surface area (Å²) >= 11 is 0. The molecule has 4 nitrogen and oxygen atoms in total. The van der Waals surface area contributed by atoms with Gasteiger partial charge in [-0.05, 0) is 37.0 Å². The van der Waals surface area contributed by atoms with Crippen molar-refractivity contribution in [1.82, 2.24) is 0 Å². The van der Waals surface area contributed by atoms with Crippen molar-refractivity contribution >= 4 is 0 Å². The molecule has 0 bridgehead atoms. The molecule has 1 fully saturated rings. The molecule has 1 saturated heterocycles. The molecule has 1 aliphatic heterocycles. The number of benzene rings is 2. The van der Waals surface area contributed by atoms with Crippen molar-refractivity contribution in [2.24, 2.45) is 5.92 Å². The molecule has 1 aliphatic rings. The summed E-state index contributed by atoms with van der Waals surface area (Å²) < 4.78 is 143. The molecular weight excluding hydrogens is 559 g/mol. The zero-order chi connectivity index (χ0) is 29.5. The number of alkyl halides is 5. The zero-order valence-electron chi connectivity index (χ0n) is 21.3. The molecule has 222 valence electrons. The lowest BCUT2D eigenvalue weighted by Crippen LogP contribution is -2.27. The van der Waals surface area contributed by atoms with E-state index < -0.39 is 64.8 Å². The van der Waals surface area contributed by atoms with Crippen LogP contribution in [0.4, 0.5) is 39.5 Å². The number of allylic oxidation sites excluding steroid dienone is 1. The van der Waals surface area contributed by atoms with E-state index in [0.29, 0.717) is 38.2 Å². The molecule has 40 heavy (non-hydrogen) atoms. The summed E-state index contributed by atoms with van der Waals surface area (Å²) in [6.45, 7) is 3.43. The van der Waals surface area contributed by atoms with Gasteiger partial charge in [0, 0.05) is 24.7 Å². The second-order valence-electron chi connectivity index (χ2n) is 9.20. The molecule has 2 aromatic rings. The Kier molecular flexibility index (Phi) is 10.8. The largest absolute Gasteiger partial charge is 0.459 e. The van der Waals surface area contributed by atoms with Crippen molar-refractivity contribution in [1.29, 1.82) is 0 Å². The Morgan fingerprint density at radius 3 is 2.10 bits per heavy atom. The van der Waals surface area contributed by atoms with Crippen LogP contribution in [0.15, 0.2) is 36.6 Å². The first-order valence-electron chi connectivity index (χ1n) is 12.5. The summed E-state index contributed by atoms with van der Waals surface area (Å²) in [5.41, 5.74) is -1.82. The van der Waals surface area contributed by atoms with E-state index in [1.807, 2.05) is 0 Å². The third kappa shape index (κ3) is 8.79. The highest BCUT2D eigenvalue weighted by Gasteiger charge is 2.42. The maximum Gasteiger partial charge on any atom is 0.432 e. The third-order valence-corrected chi connectivity index (χ3v) is 6.00. The third-order valence-electron chi connectivity index (χ3n) is 6.00. The molecule has 2 atom stereocenters. The zero-order valence-corrected chi connectivity index (χ0v) is 21.3. The van der Waals surface area contributed by atoms with E-state index in [1.165, 1.54) is 0 Å². The summed E-state index contributed by atoms with van der Waals surface area (Å²) in [6.07, 6.45) is -6.75. The van der Waals surface area contributed by atoms with Crippen LogP contribution < -0.4 is 9.47 Å². The van der Waals surface area contributed by atoms with E-state index in [4.69, 9.17) is 9.47 Å². The van der Waals surface area contributed by atoms with E-state index in [-0.39, 0.29) is 36.5 Å². The summed E-state index contributed by atoms with van der Waals surface area (Å²) in [4.78, 5) is 0. The fourth-order valence-corrected chi connectivity index (χ4v) is 4.05. The summed E-state index contributed by atoms with van der Waals surface area (Å²) in [6, 6.07) is 1.68. The first-order chi connectivity index (χ1) is 18.8. The molecule has 2 aromatic carbocycles. The fraction of sp³-hybridized carbons (Fsp3) is 0.481. The highest BCUT2D eigenvalue weighted by atomic mass is 19.4. The first-order valence-corrected chi connectivity index (χ1v) is 12.5. The number of rotatable bonds is 12. The Labute approximate surface area is 224 Å². The lowest BCUT2D eigenvalue weighted by atomic mass is 9.94. The Balaban J connectivity index is 1.67. The number of hydrogen-bond acceptors (Lipinski definition) is 4. The van der Waals surface area contributed by atoms with E-state index >= 15 is 0 Å². The van der Waals surface area contributed by atoms with Crippen molar-refractivity contribution in [2.75, 3.05) is 19.8 Å². The van der Waals surface area contributed by atoms with Crippen LogP contribution in [0, 0.1) is 29.2 Å². The lowest BCUT2D eigenvalue weighted by molar-refractivity contribution is -0.189. The Morgan fingerprint density at radius 1 is 0.900 bits per heavy atom. The van der Waals surface area contributed by atoms with Gasteiger partial charge in [0.05, 0.1) is 31.7 Å². The summed E-state index contributed by atoms with van der Waals surface area (Å²) in [5.74, 6) is -9.21. The topological polar surface area (TPSA) is 36.9 Å². The smallest absolute Gasteiger partial charge is 0.432 e. The Hall–Kier alpha value is -2.93. The molecule has 0 N–H and O–H groups in total. The van der Waals surface area contributed by atoms with Crippen LogP contribution in [0.5, 0.6) is 11.5 Å². The second kappa shape index (κ2) is 13.6. The van der Waals surface area contributed by atoms with Gasteiger partial charge >= 0.3 is 12.3 Å². The molecule has 0 radical (unpaired) electrons. The highest BCUT2D eigenvalue weighted by molar-refractivity contribution is 5.37. The van der Waals surface area contributed by atoms with Crippen LogP contribution in [0.25, 0.3) is 0 Å². The summed E-state index contributed by atoms with van der Waals surface area (Å²) in [5, 5.41) is 0. The predicted molar refractivity (Wildman–Crippen MR) is 125 cm³/mol. The molecule has 0 aromatic heterocycles. The average molecular weight is 586 g/mol.